The maximum absolute atomic E-state index is 3.33. The molecule has 1 N–H and O–H groups in total. The van der Waals surface area contributed by atoms with Gasteiger partial charge in [-0.2, -0.15) is 0 Å². The summed E-state index contributed by atoms with van der Waals surface area (Å²) in [6, 6.07) is 9.08. The van der Waals surface area contributed by atoms with Crippen LogP contribution < -0.4 is 10.2 Å². The van der Waals surface area contributed by atoms with Crippen LogP contribution in [-0.2, 0) is 6.42 Å². The van der Waals surface area contributed by atoms with E-state index in [4.69, 9.17) is 0 Å². The van der Waals surface area contributed by atoms with E-state index >= 15 is 0 Å². The Hall–Kier alpha value is -1.02. The van der Waals surface area contributed by atoms with Crippen molar-refractivity contribution in [1.29, 1.82) is 0 Å². The molecule has 0 bridgehead atoms. The lowest BCUT2D eigenvalue weighted by molar-refractivity contribution is 0.356. The molecule has 18 heavy (non-hydrogen) atoms. The van der Waals surface area contributed by atoms with Gasteiger partial charge in [0.1, 0.15) is 0 Å². The minimum Gasteiger partial charge on any atom is -0.366 e. The van der Waals surface area contributed by atoms with Crippen LogP contribution in [-0.4, -0.2) is 25.7 Å². The second kappa shape index (κ2) is 5.31. The molecule has 1 fully saturated rings. The van der Waals surface area contributed by atoms with Crippen LogP contribution in [0.1, 0.15) is 32.8 Å². The maximum atomic E-state index is 3.33. The molecule has 0 saturated carbocycles. The number of nitrogens with zero attached hydrogens (tertiary/aromatic N) is 1. The molecular formula is C16H26N2. The van der Waals surface area contributed by atoms with E-state index in [0.717, 1.165) is 18.9 Å². The van der Waals surface area contributed by atoms with Gasteiger partial charge >= 0.3 is 0 Å². The molecule has 1 atom stereocenters. The summed E-state index contributed by atoms with van der Waals surface area (Å²) in [5.41, 5.74) is 3.04. The molecular weight excluding hydrogens is 220 g/mol. The lowest BCUT2D eigenvalue weighted by atomic mass is 9.88. The van der Waals surface area contributed by atoms with Gasteiger partial charge in [-0.1, -0.05) is 19.1 Å². The van der Waals surface area contributed by atoms with Gasteiger partial charge in [-0.3, -0.25) is 0 Å². The molecule has 2 rings (SSSR count). The number of aryl methyl sites for hydroxylation is 1. The molecule has 1 aliphatic heterocycles. The first-order valence-corrected chi connectivity index (χ1v) is 7.10. The van der Waals surface area contributed by atoms with Crippen LogP contribution in [0.2, 0.25) is 0 Å². The van der Waals surface area contributed by atoms with Gasteiger partial charge in [0.2, 0.25) is 0 Å². The highest BCUT2D eigenvalue weighted by Crippen LogP contribution is 2.37. The standard InChI is InChI=1S/C16H26N2/c1-5-13-6-8-15(9-7-13)18-11-10-14(12-17-4)16(18,2)3/h6-9,14,17H,5,10-12H2,1-4H3. The van der Waals surface area contributed by atoms with Gasteiger partial charge in [0.15, 0.2) is 0 Å². The van der Waals surface area contributed by atoms with Gasteiger partial charge in [-0.05, 0) is 63.9 Å². The van der Waals surface area contributed by atoms with Crippen molar-refractivity contribution in [3.63, 3.8) is 0 Å². The first kappa shape index (κ1) is 13.4. The predicted molar refractivity (Wildman–Crippen MR) is 79.3 cm³/mol. The van der Waals surface area contributed by atoms with Crippen LogP contribution in [0.3, 0.4) is 0 Å². The molecule has 0 spiro atoms. The Morgan fingerprint density at radius 3 is 2.50 bits per heavy atom. The molecule has 0 aliphatic carbocycles. The van der Waals surface area contributed by atoms with Crippen molar-refractivity contribution >= 4 is 5.69 Å². The van der Waals surface area contributed by atoms with Gasteiger partial charge in [-0.15, -0.1) is 0 Å². The summed E-state index contributed by atoms with van der Waals surface area (Å²) in [7, 11) is 2.05. The second-order valence-electron chi connectivity index (χ2n) is 5.87. The van der Waals surface area contributed by atoms with Crippen molar-refractivity contribution in [1.82, 2.24) is 5.32 Å². The molecule has 1 aliphatic rings. The largest absolute Gasteiger partial charge is 0.366 e. The summed E-state index contributed by atoms with van der Waals surface area (Å²) in [6.07, 6.45) is 2.40. The van der Waals surface area contributed by atoms with Crippen molar-refractivity contribution in [2.75, 3.05) is 25.0 Å². The summed E-state index contributed by atoms with van der Waals surface area (Å²) in [4.78, 5) is 2.56. The zero-order chi connectivity index (χ0) is 13.2. The number of nitrogens with one attached hydrogen (secondary N) is 1. The summed E-state index contributed by atoms with van der Waals surface area (Å²) in [5, 5.41) is 3.33. The Labute approximate surface area is 111 Å². The number of hydrogen-bond acceptors (Lipinski definition) is 2. The number of benzene rings is 1. The Morgan fingerprint density at radius 2 is 1.94 bits per heavy atom. The Bertz CT molecular complexity index is 381. The van der Waals surface area contributed by atoms with Crippen LogP contribution in [0, 0.1) is 5.92 Å². The van der Waals surface area contributed by atoms with E-state index < -0.39 is 0 Å². The number of rotatable bonds is 4. The first-order chi connectivity index (χ1) is 8.59. The van der Waals surface area contributed by atoms with Crippen molar-refractivity contribution < 1.29 is 0 Å². The average molecular weight is 246 g/mol. The zero-order valence-electron chi connectivity index (χ0n) is 12.2. The van der Waals surface area contributed by atoms with E-state index in [2.05, 4.69) is 62.3 Å². The van der Waals surface area contributed by atoms with E-state index in [1.165, 1.54) is 24.2 Å². The number of anilines is 1. The quantitative estimate of drug-likeness (QED) is 0.878. The fourth-order valence-electron chi connectivity index (χ4n) is 3.12. The third-order valence-electron chi connectivity index (χ3n) is 4.50. The fraction of sp³-hybridized carbons (Fsp3) is 0.625. The van der Waals surface area contributed by atoms with Crippen LogP contribution >= 0.6 is 0 Å². The maximum Gasteiger partial charge on any atom is 0.0386 e. The summed E-state index contributed by atoms with van der Waals surface area (Å²) in [5.74, 6) is 0.730. The van der Waals surface area contributed by atoms with Gasteiger partial charge in [0.05, 0.1) is 0 Å². The Kier molecular flexibility index (Phi) is 3.96. The van der Waals surface area contributed by atoms with E-state index in [0.29, 0.717) is 0 Å². The lowest BCUT2D eigenvalue weighted by Crippen LogP contribution is -2.45. The molecule has 1 heterocycles. The Balaban J connectivity index is 2.18. The van der Waals surface area contributed by atoms with Gasteiger partial charge in [-0.25, -0.2) is 0 Å². The lowest BCUT2D eigenvalue weighted by Gasteiger charge is -2.38. The predicted octanol–water partition coefficient (Wildman–Crippen LogP) is 3.07. The molecule has 0 aromatic heterocycles. The number of hydrogen-bond donors (Lipinski definition) is 1. The van der Waals surface area contributed by atoms with E-state index in [1.807, 2.05) is 0 Å². The summed E-state index contributed by atoms with van der Waals surface area (Å²) in [6.45, 7) is 9.23. The second-order valence-corrected chi connectivity index (χ2v) is 5.87. The fourth-order valence-corrected chi connectivity index (χ4v) is 3.12. The highest BCUT2D eigenvalue weighted by Gasteiger charge is 2.40. The van der Waals surface area contributed by atoms with E-state index in [-0.39, 0.29) is 5.54 Å². The van der Waals surface area contributed by atoms with E-state index in [9.17, 15) is 0 Å². The third-order valence-corrected chi connectivity index (χ3v) is 4.50. The summed E-state index contributed by atoms with van der Waals surface area (Å²) >= 11 is 0. The average Bonchev–Trinajstić information content (AvgIpc) is 2.66. The highest BCUT2D eigenvalue weighted by molar-refractivity contribution is 5.51. The molecule has 100 valence electrons. The van der Waals surface area contributed by atoms with Crippen LogP contribution in [0.4, 0.5) is 5.69 Å². The molecule has 0 amide bonds. The van der Waals surface area contributed by atoms with Crippen LogP contribution in [0.25, 0.3) is 0 Å². The normalized spacial score (nSPS) is 22.4. The van der Waals surface area contributed by atoms with Gasteiger partial charge in [0, 0.05) is 17.8 Å². The van der Waals surface area contributed by atoms with Crippen molar-refractivity contribution in [3.8, 4) is 0 Å². The molecule has 2 heteroatoms. The Morgan fingerprint density at radius 1 is 1.28 bits per heavy atom. The zero-order valence-corrected chi connectivity index (χ0v) is 12.2. The minimum absolute atomic E-state index is 0.247. The first-order valence-electron chi connectivity index (χ1n) is 7.10. The van der Waals surface area contributed by atoms with Crippen LogP contribution in [0.15, 0.2) is 24.3 Å². The molecule has 2 nitrogen and oxygen atoms in total. The van der Waals surface area contributed by atoms with Crippen molar-refractivity contribution in [2.24, 2.45) is 5.92 Å². The topological polar surface area (TPSA) is 15.3 Å². The smallest absolute Gasteiger partial charge is 0.0386 e. The third kappa shape index (κ3) is 2.39. The van der Waals surface area contributed by atoms with E-state index in [1.54, 1.807) is 0 Å². The van der Waals surface area contributed by atoms with Crippen molar-refractivity contribution in [2.45, 2.75) is 39.2 Å². The molecule has 1 aromatic rings. The van der Waals surface area contributed by atoms with Crippen molar-refractivity contribution in [3.05, 3.63) is 29.8 Å². The minimum atomic E-state index is 0.247. The van der Waals surface area contributed by atoms with Crippen LogP contribution in [0.5, 0.6) is 0 Å². The van der Waals surface area contributed by atoms with Gasteiger partial charge in [0.25, 0.3) is 0 Å². The molecule has 1 unspecified atom stereocenters. The highest BCUT2D eigenvalue weighted by atomic mass is 15.2. The molecule has 0 radical (unpaired) electrons. The summed E-state index contributed by atoms with van der Waals surface area (Å²) < 4.78 is 0. The molecule has 1 aromatic carbocycles. The molecule has 1 saturated heterocycles. The monoisotopic (exact) mass is 246 g/mol. The SMILES string of the molecule is CCc1ccc(N2CCC(CNC)C2(C)C)cc1. The van der Waals surface area contributed by atoms with Gasteiger partial charge < -0.3 is 10.2 Å².